The van der Waals surface area contributed by atoms with Crippen molar-refractivity contribution in [2.75, 3.05) is 60.9 Å². The third-order valence-electron chi connectivity index (χ3n) is 10.7. The first kappa shape index (κ1) is 33.7. The van der Waals surface area contributed by atoms with Crippen molar-refractivity contribution >= 4 is 45.9 Å². The highest BCUT2D eigenvalue weighted by atomic mass is 19.1. The van der Waals surface area contributed by atoms with Crippen LogP contribution in [0.5, 0.6) is 0 Å². The third kappa shape index (κ3) is 6.33. The molecule has 0 aliphatic carbocycles. The number of anilines is 3. The lowest BCUT2D eigenvalue weighted by Gasteiger charge is -2.35. The minimum Gasteiger partial charge on any atom is -0.405 e. The van der Waals surface area contributed by atoms with Gasteiger partial charge in [-0.2, -0.15) is 0 Å². The highest BCUT2D eigenvalue weighted by Crippen LogP contribution is 2.36. The maximum absolute atomic E-state index is 14.1. The summed E-state index contributed by atoms with van der Waals surface area (Å²) in [5.74, 6) is 0.0335. The fourth-order valence-electron chi connectivity index (χ4n) is 8.00. The number of nitrogens with one attached hydrogen (secondary N) is 2. The van der Waals surface area contributed by atoms with Crippen molar-refractivity contribution in [2.24, 2.45) is 0 Å². The van der Waals surface area contributed by atoms with Gasteiger partial charge >= 0.3 is 5.76 Å². The van der Waals surface area contributed by atoms with Gasteiger partial charge in [-0.1, -0.05) is 24.3 Å². The molecule has 9 rings (SSSR count). The molecule has 2 atom stereocenters. The number of pyridine rings is 1. The number of piperidine rings is 1. The number of amides is 2. The van der Waals surface area contributed by atoms with Gasteiger partial charge in [0.25, 0.3) is 0 Å². The SMILES string of the molecule is O=C1CCC(n2c(=O)oc3c(NCCN4CCN(c5cccc(-c6cnc7ccc(N8CCCC8c8cccc(F)c8)nn67)n5)CC4)cccc32)C(=O)N1. The number of aromatic nitrogens is 5. The number of nitrogens with zero attached hydrogens (tertiary/aromatic N) is 8. The van der Waals surface area contributed by atoms with Crippen LogP contribution in [-0.4, -0.2) is 86.7 Å². The molecule has 2 aromatic carbocycles. The zero-order valence-corrected chi connectivity index (χ0v) is 29.5. The van der Waals surface area contributed by atoms with Crippen LogP contribution in [0.3, 0.4) is 0 Å². The van der Waals surface area contributed by atoms with Gasteiger partial charge in [0.15, 0.2) is 11.2 Å². The molecule has 4 aromatic heterocycles. The summed E-state index contributed by atoms with van der Waals surface area (Å²) in [5, 5.41) is 10.7. The molecule has 6 aromatic rings. The van der Waals surface area contributed by atoms with E-state index in [2.05, 4.69) is 30.3 Å². The number of imide groups is 1. The molecule has 3 saturated heterocycles. The van der Waals surface area contributed by atoms with Crippen LogP contribution < -0.4 is 26.2 Å². The number of halogens is 1. The average molecular weight is 731 g/mol. The molecule has 0 saturated carbocycles. The van der Waals surface area contributed by atoms with Gasteiger partial charge in [-0.05, 0) is 73.4 Å². The summed E-state index contributed by atoms with van der Waals surface area (Å²) >= 11 is 0. The Labute approximate surface area is 309 Å². The van der Waals surface area contributed by atoms with Crippen molar-refractivity contribution in [3.05, 3.63) is 101 Å². The van der Waals surface area contributed by atoms with Gasteiger partial charge in [-0.25, -0.2) is 23.7 Å². The van der Waals surface area contributed by atoms with E-state index < -0.39 is 17.7 Å². The molecule has 3 fully saturated rings. The zero-order valence-electron chi connectivity index (χ0n) is 29.5. The van der Waals surface area contributed by atoms with Crippen LogP contribution in [0, 0.1) is 5.82 Å². The van der Waals surface area contributed by atoms with E-state index in [1.807, 2.05) is 59.2 Å². The van der Waals surface area contributed by atoms with Crippen LogP contribution in [0.2, 0.25) is 0 Å². The first-order valence-electron chi connectivity index (χ1n) is 18.4. The number of carbonyl (C=O) groups excluding carboxylic acids is 2. The number of benzene rings is 2. The van der Waals surface area contributed by atoms with Crippen molar-refractivity contribution in [1.29, 1.82) is 0 Å². The van der Waals surface area contributed by atoms with Crippen LogP contribution in [0.1, 0.15) is 43.3 Å². The van der Waals surface area contributed by atoms with Crippen molar-refractivity contribution < 1.29 is 18.4 Å². The molecule has 2 unspecified atom stereocenters. The van der Waals surface area contributed by atoms with Gasteiger partial charge < -0.3 is 19.5 Å². The molecule has 0 radical (unpaired) electrons. The molecule has 2 amide bonds. The number of hydrogen-bond donors (Lipinski definition) is 2. The lowest BCUT2D eigenvalue weighted by molar-refractivity contribution is -0.135. The number of piperazine rings is 1. The third-order valence-corrected chi connectivity index (χ3v) is 10.7. The summed E-state index contributed by atoms with van der Waals surface area (Å²) in [5.41, 5.74) is 4.86. The zero-order chi connectivity index (χ0) is 36.8. The maximum atomic E-state index is 14.1. The molecule has 276 valence electrons. The quantitative estimate of drug-likeness (QED) is 0.204. The summed E-state index contributed by atoms with van der Waals surface area (Å²) in [6, 6.07) is 21.5. The standard InChI is InChI=1S/C39H39FN10O4/c40-26-6-1-5-25(23-26)29-10-4-17-48(29)35-14-13-33-42-24-32(50(33)45-35)27-7-3-11-34(43-27)47-21-19-46(20-22-47)18-16-41-28-8-2-9-30-37(28)54-39(53)49(30)31-12-15-36(51)44-38(31)52/h1-3,5-9,11,13-14,23-24,29,31,41H,4,10,12,15-22H2,(H,44,51,52). The minimum atomic E-state index is -0.788. The van der Waals surface area contributed by atoms with E-state index in [4.69, 9.17) is 14.5 Å². The van der Waals surface area contributed by atoms with Crippen molar-refractivity contribution in [3.8, 4) is 11.4 Å². The van der Waals surface area contributed by atoms with E-state index in [1.54, 1.807) is 18.2 Å². The highest BCUT2D eigenvalue weighted by molar-refractivity contribution is 6.00. The van der Waals surface area contributed by atoms with E-state index >= 15 is 0 Å². The molecule has 0 bridgehead atoms. The molecule has 2 N–H and O–H groups in total. The lowest BCUT2D eigenvalue weighted by Crippen LogP contribution is -2.47. The van der Waals surface area contributed by atoms with Crippen LogP contribution in [0.15, 0.2) is 88.2 Å². The van der Waals surface area contributed by atoms with Crippen LogP contribution >= 0.6 is 0 Å². The summed E-state index contributed by atoms with van der Waals surface area (Å²) in [6.45, 7) is 5.56. The summed E-state index contributed by atoms with van der Waals surface area (Å²) in [4.78, 5) is 53.5. The van der Waals surface area contributed by atoms with Gasteiger partial charge in [0.2, 0.25) is 11.8 Å². The Morgan fingerprint density at radius 1 is 0.889 bits per heavy atom. The van der Waals surface area contributed by atoms with Gasteiger partial charge in [0.1, 0.15) is 29.2 Å². The first-order chi connectivity index (χ1) is 26.4. The Bertz CT molecular complexity index is 2430. The van der Waals surface area contributed by atoms with E-state index in [0.29, 0.717) is 23.3 Å². The molecular weight excluding hydrogens is 691 g/mol. The molecule has 3 aliphatic heterocycles. The maximum Gasteiger partial charge on any atom is 0.420 e. The Morgan fingerprint density at radius 2 is 1.74 bits per heavy atom. The monoisotopic (exact) mass is 730 g/mol. The second-order valence-corrected chi connectivity index (χ2v) is 14.0. The largest absolute Gasteiger partial charge is 0.420 e. The molecule has 54 heavy (non-hydrogen) atoms. The molecule has 14 nitrogen and oxygen atoms in total. The fourth-order valence-corrected chi connectivity index (χ4v) is 8.00. The van der Waals surface area contributed by atoms with Gasteiger partial charge in [-0.15, -0.1) is 5.10 Å². The number of hydrogen-bond acceptors (Lipinski definition) is 11. The molecule has 3 aliphatic rings. The Hall–Kier alpha value is -6.09. The van der Waals surface area contributed by atoms with E-state index in [-0.39, 0.29) is 30.6 Å². The Morgan fingerprint density at radius 3 is 2.59 bits per heavy atom. The number of para-hydroxylation sites is 1. The number of imidazole rings is 1. The number of fused-ring (bicyclic) bond motifs is 2. The van der Waals surface area contributed by atoms with E-state index in [0.717, 1.165) is 86.3 Å². The average Bonchev–Trinajstić information content (AvgIpc) is 3.93. The van der Waals surface area contributed by atoms with Crippen molar-refractivity contribution in [3.63, 3.8) is 0 Å². The molecule has 7 heterocycles. The van der Waals surface area contributed by atoms with E-state index in [9.17, 15) is 18.8 Å². The summed E-state index contributed by atoms with van der Waals surface area (Å²) in [6.07, 6.45) is 4.17. The number of rotatable bonds is 9. The molecule has 15 heteroatoms. The predicted octanol–water partition coefficient (Wildman–Crippen LogP) is 4.39. The normalized spacial score (nSPS) is 19.6. The minimum absolute atomic E-state index is 0.0603. The Balaban J connectivity index is 0.842. The lowest BCUT2D eigenvalue weighted by atomic mass is 10.0. The second-order valence-electron chi connectivity index (χ2n) is 14.0. The second kappa shape index (κ2) is 14.0. The molecular formula is C39H39FN10O4. The van der Waals surface area contributed by atoms with Crippen LogP contribution in [0.25, 0.3) is 28.1 Å². The topological polar surface area (TPSA) is 146 Å². The number of oxazole rings is 1. The van der Waals surface area contributed by atoms with Gasteiger partial charge in [0.05, 0.1) is 29.1 Å². The predicted molar refractivity (Wildman–Crippen MR) is 201 cm³/mol. The van der Waals surface area contributed by atoms with Crippen molar-refractivity contribution in [1.82, 2.24) is 34.4 Å². The van der Waals surface area contributed by atoms with Crippen molar-refractivity contribution in [2.45, 2.75) is 37.8 Å². The smallest absolute Gasteiger partial charge is 0.405 e. The van der Waals surface area contributed by atoms with E-state index in [1.165, 1.54) is 10.6 Å². The Kier molecular flexibility index (Phi) is 8.77. The fraction of sp³-hybridized carbons (Fsp3) is 0.333. The highest BCUT2D eigenvalue weighted by Gasteiger charge is 2.32. The van der Waals surface area contributed by atoms with Crippen LogP contribution in [0.4, 0.5) is 21.7 Å². The number of carbonyl (C=O) groups is 2. The summed E-state index contributed by atoms with van der Waals surface area (Å²) < 4.78 is 22.9. The molecule has 0 spiro atoms. The van der Waals surface area contributed by atoms with Gasteiger partial charge in [-0.3, -0.25) is 24.4 Å². The first-order valence-corrected chi connectivity index (χ1v) is 18.4. The van der Waals surface area contributed by atoms with Crippen LogP contribution in [-0.2, 0) is 9.59 Å². The van der Waals surface area contributed by atoms with Gasteiger partial charge in [0, 0.05) is 52.2 Å². The summed E-state index contributed by atoms with van der Waals surface area (Å²) in [7, 11) is 0.